The highest BCUT2D eigenvalue weighted by Gasteiger charge is 2.43. The number of carbonyl (C=O) groups is 2. The maximum atomic E-state index is 12.5. The van der Waals surface area contributed by atoms with Crippen LogP contribution in [0.2, 0.25) is 0 Å². The van der Waals surface area contributed by atoms with E-state index in [1.54, 1.807) is 0 Å². The van der Waals surface area contributed by atoms with Crippen LogP contribution < -0.4 is 21.9 Å². The van der Waals surface area contributed by atoms with Gasteiger partial charge >= 0.3 is 0 Å². The van der Waals surface area contributed by atoms with Gasteiger partial charge in [0.15, 0.2) is 0 Å². The Hall–Kier alpha value is -1.92. The van der Waals surface area contributed by atoms with Crippen LogP contribution in [0.25, 0.3) is 0 Å². The third kappa shape index (κ3) is 5.54. The fraction of sp³-hybridized carbons (Fsp3) is 0.579. The van der Waals surface area contributed by atoms with Crippen molar-refractivity contribution in [3.63, 3.8) is 0 Å². The van der Waals surface area contributed by atoms with Gasteiger partial charge in [0.05, 0.1) is 5.92 Å². The summed E-state index contributed by atoms with van der Waals surface area (Å²) in [5.41, 5.74) is 2.77. The zero-order chi connectivity index (χ0) is 18.7. The molecule has 0 aliphatic carbocycles. The van der Waals surface area contributed by atoms with E-state index < -0.39 is 5.92 Å². The highest BCUT2D eigenvalue weighted by atomic mass is 16.2. The topological polar surface area (TPSA) is 96.2 Å². The predicted octanol–water partition coefficient (Wildman–Crippen LogP) is 2.18. The van der Waals surface area contributed by atoms with Crippen molar-refractivity contribution in [2.75, 3.05) is 5.32 Å². The van der Waals surface area contributed by atoms with Crippen molar-refractivity contribution in [3.05, 3.63) is 30.3 Å². The first-order valence-corrected chi connectivity index (χ1v) is 8.77. The molecule has 138 valence electrons. The second-order valence-corrected chi connectivity index (χ2v) is 8.29. The quantitative estimate of drug-likeness (QED) is 0.373. The van der Waals surface area contributed by atoms with Gasteiger partial charge in [0.25, 0.3) is 0 Å². The third-order valence-electron chi connectivity index (χ3n) is 4.73. The van der Waals surface area contributed by atoms with Gasteiger partial charge in [0, 0.05) is 23.2 Å². The van der Waals surface area contributed by atoms with Crippen LogP contribution in [0.4, 0.5) is 5.69 Å². The molecular weight excluding hydrogens is 316 g/mol. The van der Waals surface area contributed by atoms with Gasteiger partial charge in [-0.2, -0.15) is 0 Å². The van der Waals surface area contributed by atoms with Gasteiger partial charge in [-0.15, -0.1) is 0 Å². The Bertz CT molecular complexity index is 597. The highest BCUT2D eigenvalue weighted by molar-refractivity contribution is 5.94. The molecule has 1 unspecified atom stereocenters. The number of carbonyl (C=O) groups excluding carboxylic acids is 2. The molecule has 0 radical (unpaired) electrons. The molecule has 6 nitrogen and oxygen atoms in total. The smallest absolute Gasteiger partial charge is 0.237 e. The van der Waals surface area contributed by atoms with Gasteiger partial charge in [0.2, 0.25) is 11.8 Å². The average molecular weight is 346 g/mol. The van der Waals surface area contributed by atoms with Gasteiger partial charge in [-0.25, -0.2) is 5.84 Å². The summed E-state index contributed by atoms with van der Waals surface area (Å²) in [7, 11) is 0. The summed E-state index contributed by atoms with van der Waals surface area (Å²) >= 11 is 0. The SMILES string of the molecule is CC1(C)CC(C(CC(=O)Nc2ccccc2)C(=O)NN)CC(C)(C)N1. The largest absolute Gasteiger partial charge is 0.326 e. The van der Waals surface area contributed by atoms with E-state index in [1.165, 1.54) is 0 Å². The highest BCUT2D eigenvalue weighted by Crippen LogP contribution is 2.38. The van der Waals surface area contributed by atoms with Crippen LogP contribution in [-0.2, 0) is 9.59 Å². The molecule has 0 saturated carbocycles. The number of nitrogens with two attached hydrogens (primary N) is 1. The fourth-order valence-electron chi connectivity index (χ4n) is 4.20. The number of hydrogen-bond acceptors (Lipinski definition) is 4. The first kappa shape index (κ1) is 19.4. The summed E-state index contributed by atoms with van der Waals surface area (Å²) in [6, 6.07) is 9.26. The Balaban J connectivity index is 2.13. The van der Waals surface area contributed by atoms with Gasteiger partial charge in [-0.1, -0.05) is 18.2 Å². The molecule has 1 aromatic rings. The molecule has 1 aromatic carbocycles. The lowest BCUT2D eigenvalue weighted by Crippen LogP contribution is -2.59. The van der Waals surface area contributed by atoms with Crippen LogP contribution in [0.15, 0.2) is 30.3 Å². The lowest BCUT2D eigenvalue weighted by atomic mass is 9.69. The summed E-state index contributed by atoms with van der Waals surface area (Å²) in [4.78, 5) is 24.8. The molecule has 1 atom stereocenters. The number of hydrogen-bond donors (Lipinski definition) is 4. The Morgan fingerprint density at radius 1 is 1.16 bits per heavy atom. The molecular formula is C19H30N4O2. The molecule has 6 heteroatoms. The number of nitrogens with one attached hydrogen (secondary N) is 3. The second kappa shape index (κ2) is 7.54. The number of rotatable bonds is 5. The maximum absolute atomic E-state index is 12.5. The van der Waals surface area contributed by atoms with Crippen LogP contribution in [0.1, 0.15) is 47.0 Å². The average Bonchev–Trinajstić information content (AvgIpc) is 2.49. The van der Waals surface area contributed by atoms with E-state index in [2.05, 4.69) is 43.8 Å². The number of amides is 2. The molecule has 1 fully saturated rings. The Labute approximate surface area is 149 Å². The van der Waals surface area contributed by atoms with Crippen LogP contribution in [0.3, 0.4) is 0 Å². The Morgan fingerprint density at radius 3 is 2.24 bits per heavy atom. The number of benzene rings is 1. The molecule has 1 aliphatic rings. The van der Waals surface area contributed by atoms with E-state index in [9.17, 15) is 9.59 Å². The van der Waals surface area contributed by atoms with Crippen LogP contribution >= 0.6 is 0 Å². The Kier molecular flexibility index (Phi) is 5.85. The molecule has 5 N–H and O–H groups in total. The molecule has 2 amide bonds. The molecule has 0 spiro atoms. The third-order valence-corrected chi connectivity index (χ3v) is 4.73. The zero-order valence-corrected chi connectivity index (χ0v) is 15.6. The van der Waals surface area contributed by atoms with Crippen LogP contribution in [-0.4, -0.2) is 22.9 Å². The van der Waals surface area contributed by atoms with Gasteiger partial charge in [-0.3, -0.25) is 15.0 Å². The van der Waals surface area contributed by atoms with Crippen molar-refractivity contribution in [3.8, 4) is 0 Å². The number of hydrazine groups is 1. The van der Waals surface area contributed by atoms with Crippen molar-refractivity contribution < 1.29 is 9.59 Å². The van der Waals surface area contributed by atoms with Crippen molar-refractivity contribution in [1.82, 2.24) is 10.7 Å². The predicted molar refractivity (Wildman–Crippen MR) is 99.5 cm³/mol. The zero-order valence-electron chi connectivity index (χ0n) is 15.6. The van der Waals surface area contributed by atoms with Gasteiger partial charge in [0.1, 0.15) is 0 Å². The molecule has 1 saturated heterocycles. The maximum Gasteiger partial charge on any atom is 0.237 e. The fourth-order valence-corrected chi connectivity index (χ4v) is 4.20. The number of anilines is 1. The molecule has 0 aromatic heterocycles. The summed E-state index contributed by atoms with van der Waals surface area (Å²) in [6.07, 6.45) is 1.75. The summed E-state index contributed by atoms with van der Waals surface area (Å²) in [5, 5.41) is 6.46. The number of piperidine rings is 1. The molecule has 1 aliphatic heterocycles. The normalized spacial score (nSPS) is 20.5. The molecule has 25 heavy (non-hydrogen) atoms. The minimum Gasteiger partial charge on any atom is -0.326 e. The minimum absolute atomic E-state index is 0.0799. The van der Waals surface area contributed by atoms with Crippen LogP contribution in [0, 0.1) is 11.8 Å². The lowest BCUT2D eigenvalue weighted by Gasteiger charge is -2.48. The van der Waals surface area contributed by atoms with E-state index in [-0.39, 0.29) is 35.2 Å². The number of para-hydroxylation sites is 1. The molecule has 2 rings (SSSR count). The van der Waals surface area contributed by atoms with Crippen molar-refractivity contribution in [1.29, 1.82) is 0 Å². The van der Waals surface area contributed by atoms with E-state index >= 15 is 0 Å². The lowest BCUT2D eigenvalue weighted by molar-refractivity contribution is -0.131. The Morgan fingerprint density at radius 2 is 1.72 bits per heavy atom. The van der Waals surface area contributed by atoms with E-state index in [1.807, 2.05) is 30.3 Å². The molecule has 0 bridgehead atoms. The second-order valence-electron chi connectivity index (χ2n) is 8.29. The van der Waals surface area contributed by atoms with Crippen molar-refractivity contribution >= 4 is 17.5 Å². The van der Waals surface area contributed by atoms with Crippen molar-refractivity contribution in [2.24, 2.45) is 17.7 Å². The first-order chi connectivity index (χ1) is 11.6. The standard InChI is InChI=1S/C19H30N4O2/c1-18(2)11-13(12-19(3,4)23-18)15(17(25)22-20)10-16(24)21-14-8-6-5-7-9-14/h5-9,13,15,23H,10-12,20H2,1-4H3,(H,21,24)(H,22,25). The minimum atomic E-state index is -0.450. The summed E-state index contributed by atoms with van der Waals surface area (Å²) in [6.45, 7) is 8.51. The van der Waals surface area contributed by atoms with Crippen molar-refractivity contribution in [2.45, 2.75) is 58.0 Å². The van der Waals surface area contributed by atoms with E-state index in [0.717, 1.165) is 18.5 Å². The monoisotopic (exact) mass is 346 g/mol. The van der Waals surface area contributed by atoms with Crippen LogP contribution in [0.5, 0.6) is 0 Å². The summed E-state index contributed by atoms with van der Waals surface area (Å²) < 4.78 is 0. The van der Waals surface area contributed by atoms with Gasteiger partial charge in [-0.05, 0) is 58.6 Å². The molecule has 1 heterocycles. The summed E-state index contributed by atoms with van der Waals surface area (Å²) in [5.74, 6) is 4.58. The van der Waals surface area contributed by atoms with E-state index in [0.29, 0.717) is 0 Å². The van der Waals surface area contributed by atoms with Gasteiger partial charge < -0.3 is 10.6 Å². The van der Waals surface area contributed by atoms with E-state index in [4.69, 9.17) is 5.84 Å². The first-order valence-electron chi connectivity index (χ1n) is 8.77.